The molecule has 2 aliphatic rings. The number of halogens is 1. The molecule has 2 heterocycles. The highest BCUT2D eigenvalue weighted by Crippen LogP contribution is 2.40. The maximum Gasteiger partial charge on any atom is 0.312 e. The van der Waals surface area contributed by atoms with E-state index in [9.17, 15) is 9.18 Å². The van der Waals surface area contributed by atoms with Gasteiger partial charge in [-0.3, -0.25) is 4.79 Å². The highest BCUT2D eigenvalue weighted by atomic mass is 19.1. The minimum Gasteiger partial charge on any atom is -0.466 e. The minimum atomic E-state index is -0.500. The summed E-state index contributed by atoms with van der Waals surface area (Å²) < 4.78 is 18.5. The highest BCUT2D eigenvalue weighted by Gasteiger charge is 2.45. The van der Waals surface area contributed by atoms with Gasteiger partial charge in [-0.15, -0.1) is 0 Å². The second kappa shape index (κ2) is 8.16. The summed E-state index contributed by atoms with van der Waals surface area (Å²) in [5.74, 6) is -0.386. The molecular weight excluding hydrogens is 335 g/mol. The number of carbonyl (C=O) groups is 1. The van der Waals surface area contributed by atoms with Crippen LogP contribution in [0, 0.1) is 11.2 Å². The van der Waals surface area contributed by atoms with Gasteiger partial charge in [-0.1, -0.05) is 24.2 Å². The molecule has 6 heteroatoms. The molecule has 2 aliphatic heterocycles. The molecule has 0 aliphatic carbocycles. The second-order valence-corrected chi connectivity index (χ2v) is 7.12. The zero-order valence-corrected chi connectivity index (χ0v) is 15.5. The lowest BCUT2D eigenvalue weighted by Crippen LogP contribution is -2.46. The molecule has 1 saturated heterocycles. The van der Waals surface area contributed by atoms with Crippen LogP contribution in [0.4, 0.5) is 4.39 Å². The smallest absolute Gasteiger partial charge is 0.312 e. The number of likely N-dealkylation sites (tertiary alicyclic amines) is 1. The Hall–Kier alpha value is -1.95. The number of piperidine rings is 1. The van der Waals surface area contributed by atoms with E-state index >= 15 is 0 Å². The number of hydrogen-bond donors (Lipinski definition) is 0. The first-order valence-corrected chi connectivity index (χ1v) is 9.44. The first kappa shape index (κ1) is 18.8. The number of benzene rings is 1. The minimum absolute atomic E-state index is 0.116. The lowest BCUT2D eigenvalue weighted by atomic mass is 9.73. The summed E-state index contributed by atoms with van der Waals surface area (Å²) in [5.41, 5.74) is 1.17. The maximum absolute atomic E-state index is 13.1. The number of carbonyl (C=O) groups excluding carboxylic acids is 1. The summed E-state index contributed by atoms with van der Waals surface area (Å²) in [5, 5.41) is 4.18. The Bertz CT molecular complexity index is 652. The van der Waals surface area contributed by atoms with E-state index in [-0.39, 0.29) is 17.9 Å². The number of esters is 1. The van der Waals surface area contributed by atoms with Crippen LogP contribution in [0.3, 0.4) is 0 Å². The van der Waals surface area contributed by atoms with E-state index in [1.807, 2.05) is 6.92 Å². The van der Waals surface area contributed by atoms with Crippen molar-refractivity contribution in [3.8, 4) is 0 Å². The molecule has 1 aromatic rings. The van der Waals surface area contributed by atoms with Gasteiger partial charge in [0.15, 0.2) is 0 Å². The first-order valence-electron chi connectivity index (χ1n) is 9.44. The van der Waals surface area contributed by atoms with Crippen molar-refractivity contribution in [2.75, 3.05) is 26.2 Å². The molecule has 0 radical (unpaired) electrons. The highest BCUT2D eigenvalue weighted by molar-refractivity contribution is 6.01. The molecule has 0 saturated carbocycles. The summed E-state index contributed by atoms with van der Waals surface area (Å²) in [4.78, 5) is 20.7. The molecule has 1 fully saturated rings. The SMILES string of the molecule is CCOC(=O)C1(C[C@@H]2CC(c3ccc(F)cc3)=NO2)CCN(CC)CC1. The largest absolute Gasteiger partial charge is 0.466 e. The third kappa shape index (κ3) is 4.06. The molecule has 0 N–H and O–H groups in total. The number of rotatable bonds is 6. The van der Waals surface area contributed by atoms with Gasteiger partial charge in [-0.25, -0.2) is 4.39 Å². The van der Waals surface area contributed by atoms with Gasteiger partial charge < -0.3 is 14.5 Å². The number of ether oxygens (including phenoxy) is 1. The zero-order valence-electron chi connectivity index (χ0n) is 15.5. The topological polar surface area (TPSA) is 51.1 Å². The van der Waals surface area contributed by atoms with Crippen molar-refractivity contribution in [3.05, 3.63) is 35.6 Å². The molecule has 26 heavy (non-hydrogen) atoms. The van der Waals surface area contributed by atoms with E-state index in [0.29, 0.717) is 19.4 Å². The van der Waals surface area contributed by atoms with Crippen molar-refractivity contribution in [2.24, 2.45) is 10.6 Å². The molecule has 142 valence electrons. The fourth-order valence-electron chi connectivity index (χ4n) is 3.86. The van der Waals surface area contributed by atoms with Gasteiger partial charge in [0, 0.05) is 12.8 Å². The standard InChI is InChI=1S/C20H27FN2O3/c1-3-23-11-9-20(10-12-23,19(24)25-4-2)14-17-13-18(22-26-17)15-5-7-16(21)8-6-15/h5-8,17H,3-4,9-14H2,1-2H3/t17-/m0/s1. The van der Waals surface area contributed by atoms with Crippen LogP contribution in [-0.2, 0) is 14.4 Å². The van der Waals surface area contributed by atoms with Crippen molar-refractivity contribution in [2.45, 2.75) is 45.6 Å². The van der Waals surface area contributed by atoms with Crippen LogP contribution in [0.25, 0.3) is 0 Å². The van der Waals surface area contributed by atoms with Crippen LogP contribution in [0.15, 0.2) is 29.4 Å². The maximum atomic E-state index is 13.1. The summed E-state index contributed by atoms with van der Waals surface area (Å²) in [6.45, 7) is 7.16. The van der Waals surface area contributed by atoms with E-state index in [2.05, 4.69) is 17.0 Å². The molecule has 5 nitrogen and oxygen atoms in total. The number of hydrogen-bond acceptors (Lipinski definition) is 5. The molecule has 3 rings (SSSR count). The average Bonchev–Trinajstić information content (AvgIpc) is 3.11. The summed E-state index contributed by atoms with van der Waals surface area (Å²) in [6, 6.07) is 6.26. The molecule has 1 atom stereocenters. The molecule has 0 aromatic heterocycles. The van der Waals surface area contributed by atoms with Crippen molar-refractivity contribution in [3.63, 3.8) is 0 Å². The van der Waals surface area contributed by atoms with Gasteiger partial charge in [0.25, 0.3) is 0 Å². The lowest BCUT2D eigenvalue weighted by Gasteiger charge is -2.40. The fraction of sp³-hybridized carbons (Fsp3) is 0.600. The zero-order chi connectivity index (χ0) is 18.6. The normalized spacial score (nSPS) is 22.6. The van der Waals surface area contributed by atoms with E-state index in [0.717, 1.165) is 43.8 Å². The van der Waals surface area contributed by atoms with Crippen molar-refractivity contribution in [1.82, 2.24) is 4.90 Å². The Kier molecular flexibility index (Phi) is 5.91. The third-order valence-corrected chi connectivity index (χ3v) is 5.50. The van der Waals surface area contributed by atoms with Gasteiger partial charge in [0.2, 0.25) is 0 Å². The van der Waals surface area contributed by atoms with Crippen LogP contribution in [0.2, 0.25) is 0 Å². The molecule has 0 bridgehead atoms. The van der Waals surface area contributed by atoms with Gasteiger partial charge in [0.1, 0.15) is 11.9 Å². The van der Waals surface area contributed by atoms with Crippen LogP contribution >= 0.6 is 0 Å². The quantitative estimate of drug-likeness (QED) is 0.728. The van der Waals surface area contributed by atoms with Crippen LogP contribution < -0.4 is 0 Å². The average molecular weight is 362 g/mol. The van der Waals surface area contributed by atoms with Gasteiger partial charge >= 0.3 is 5.97 Å². The Morgan fingerprint density at radius 2 is 2.00 bits per heavy atom. The first-order chi connectivity index (χ1) is 12.6. The lowest BCUT2D eigenvalue weighted by molar-refractivity contribution is -0.161. The summed E-state index contributed by atoms with van der Waals surface area (Å²) in [6.07, 6.45) is 2.66. The molecule has 0 spiro atoms. The van der Waals surface area contributed by atoms with Crippen molar-refractivity contribution >= 4 is 11.7 Å². The predicted octanol–water partition coefficient (Wildman–Crippen LogP) is 3.37. The van der Waals surface area contributed by atoms with Gasteiger partial charge in [0.05, 0.1) is 17.7 Å². The van der Waals surface area contributed by atoms with Crippen LogP contribution in [0.5, 0.6) is 0 Å². The van der Waals surface area contributed by atoms with Crippen molar-refractivity contribution < 1.29 is 18.8 Å². The molecular formula is C20H27FN2O3. The van der Waals surface area contributed by atoms with E-state index in [4.69, 9.17) is 9.57 Å². The summed E-state index contributed by atoms with van der Waals surface area (Å²) >= 11 is 0. The van der Waals surface area contributed by atoms with E-state index < -0.39 is 5.41 Å². The van der Waals surface area contributed by atoms with E-state index in [1.165, 1.54) is 12.1 Å². The third-order valence-electron chi connectivity index (χ3n) is 5.50. The van der Waals surface area contributed by atoms with Crippen LogP contribution in [-0.4, -0.2) is 48.9 Å². The second-order valence-electron chi connectivity index (χ2n) is 7.12. The molecule has 0 unspecified atom stereocenters. The Balaban J connectivity index is 1.67. The number of nitrogens with zero attached hydrogens (tertiary/aromatic N) is 2. The van der Waals surface area contributed by atoms with Gasteiger partial charge in [-0.2, -0.15) is 0 Å². The predicted molar refractivity (Wildman–Crippen MR) is 97.5 cm³/mol. The van der Waals surface area contributed by atoms with Gasteiger partial charge in [-0.05, 0) is 57.1 Å². The van der Waals surface area contributed by atoms with Crippen LogP contribution in [0.1, 0.15) is 45.1 Å². The fourth-order valence-corrected chi connectivity index (χ4v) is 3.86. The Morgan fingerprint density at radius 1 is 1.31 bits per heavy atom. The number of oxime groups is 1. The van der Waals surface area contributed by atoms with E-state index in [1.54, 1.807) is 12.1 Å². The van der Waals surface area contributed by atoms with Crippen molar-refractivity contribution in [1.29, 1.82) is 0 Å². The monoisotopic (exact) mass is 362 g/mol. The molecule has 1 aromatic carbocycles. The Labute approximate surface area is 154 Å². The molecule has 0 amide bonds. The summed E-state index contributed by atoms with van der Waals surface area (Å²) in [7, 11) is 0. The Morgan fingerprint density at radius 3 is 2.62 bits per heavy atom.